The Morgan fingerprint density at radius 1 is 1.30 bits per heavy atom. The molecule has 0 bridgehead atoms. The standard InChI is InChI=1S/C20H17F2N5O3/c1-20(2,22)19-23-8-14(30-19)18(28)27-6-5-11-15(25-9-24-11)16(27)17-26-12-7-10(21)3-4-13(12)29-17/h3-4,7-9,16H,5-6H2,1-2H3,(H,24,25)/t16-/m0/s1. The Morgan fingerprint density at radius 2 is 2.13 bits per heavy atom. The van der Waals surface area contributed by atoms with E-state index in [-0.39, 0.29) is 17.5 Å². The highest BCUT2D eigenvalue weighted by molar-refractivity contribution is 5.92. The van der Waals surface area contributed by atoms with Crippen LogP contribution in [0.3, 0.4) is 0 Å². The molecule has 1 aliphatic heterocycles. The minimum Gasteiger partial charge on any atom is -0.438 e. The predicted octanol–water partition coefficient (Wildman–Crippen LogP) is 3.67. The number of carbonyl (C=O) groups is 1. The van der Waals surface area contributed by atoms with Crippen LogP contribution in [-0.2, 0) is 12.1 Å². The van der Waals surface area contributed by atoms with Crippen LogP contribution in [0.5, 0.6) is 0 Å². The molecule has 154 valence electrons. The zero-order valence-corrected chi connectivity index (χ0v) is 16.1. The first-order valence-electron chi connectivity index (χ1n) is 9.35. The molecule has 0 radical (unpaired) electrons. The summed E-state index contributed by atoms with van der Waals surface area (Å²) in [5, 5.41) is 0. The van der Waals surface area contributed by atoms with Crippen LogP contribution in [0, 0.1) is 5.82 Å². The fourth-order valence-corrected chi connectivity index (χ4v) is 3.57. The molecule has 1 aliphatic rings. The molecule has 30 heavy (non-hydrogen) atoms. The number of nitrogens with one attached hydrogen (secondary N) is 1. The molecule has 1 aromatic carbocycles. The van der Waals surface area contributed by atoms with E-state index in [0.29, 0.717) is 29.8 Å². The Labute approximate surface area is 168 Å². The number of aromatic amines is 1. The molecule has 1 N–H and O–H groups in total. The third-order valence-corrected chi connectivity index (χ3v) is 5.01. The monoisotopic (exact) mass is 413 g/mol. The lowest BCUT2D eigenvalue weighted by atomic mass is 10.0. The summed E-state index contributed by atoms with van der Waals surface area (Å²) < 4.78 is 38.9. The SMILES string of the molecule is CC(C)(F)c1ncc(C(=O)N2CCc3[nH]cnc3[C@H]2c2nc3cc(F)ccc3o2)o1. The van der Waals surface area contributed by atoms with Crippen LogP contribution < -0.4 is 0 Å². The summed E-state index contributed by atoms with van der Waals surface area (Å²) in [6.45, 7) is 2.91. The van der Waals surface area contributed by atoms with Gasteiger partial charge in [-0.15, -0.1) is 0 Å². The van der Waals surface area contributed by atoms with E-state index in [1.165, 1.54) is 49.5 Å². The number of benzene rings is 1. The first kappa shape index (κ1) is 18.5. The molecule has 0 saturated carbocycles. The van der Waals surface area contributed by atoms with Gasteiger partial charge in [0.05, 0.1) is 18.2 Å². The number of nitrogens with zero attached hydrogens (tertiary/aromatic N) is 4. The second-order valence-corrected chi connectivity index (χ2v) is 7.58. The van der Waals surface area contributed by atoms with Gasteiger partial charge in [-0.05, 0) is 26.0 Å². The average Bonchev–Trinajstić information content (AvgIpc) is 3.43. The molecule has 1 amide bonds. The first-order chi connectivity index (χ1) is 14.3. The largest absolute Gasteiger partial charge is 0.438 e. The Hall–Kier alpha value is -3.56. The fraction of sp³-hybridized carbons (Fsp3) is 0.300. The van der Waals surface area contributed by atoms with Crippen molar-refractivity contribution in [1.29, 1.82) is 0 Å². The zero-order valence-electron chi connectivity index (χ0n) is 16.1. The number of hydrogen-bond donors (Lipinski definition) is 1. The van der Waals surface area contributed by atoms with Crippen LogP contribution in [0.2, 0.25) is 0 Å². The quantitative estimate of drug-likeness (QED) is 0.550. The van der Waals surface area contributed by atoms with Crippen molar-refractivity contribution in [1.82, 2.24) is 24.8 Å². The highest BCUT2D eigenvalue weighted by Gasteiger charge is 2.39. The summed E-state index contributed by atoms with van der Waals surface area (Å²) >= 11 is 0. The van der Waals surface area contributed by atoms with E-state index in [9.17, 15) is 13.6 Å². The lowest BCUT2D eigenvalue weighted by Crippen LogP contribution is -2.40. The molecule has 0 saturated heterocycles. The van der Waals surface area contributed by atoms with Gasteiger partial charge in [0, 0.05) is 24.7 Å². The third-order valence-electron chi connectivity index (χ3n) is 5.01. The minimum atomic E-state index is -1.82. The molecule has 0 fully saturated rings. The molecule has 3 aromatic heterocycles. The predicted molar refractivity (Wildman–Crippen MR) is 99.8 cm³/mol. The molecule has 0 aliphatic carbocycles. The van der Waals surface area contributed by atoms with E-state index < -0.39 is 23.4 Å². The highest BCUT2D eigenvalue weighted by Crippen LogP contribution is 2.36. The van der Waals surface area contributed by atoms with Crippen LogP contribution in [0.25, 0.3) is 11.1 Å². The van der Waals surface area contributed by atoms with Gasteiger partial charge in [0.2, 0.25) is 17.5 Å². The number of alkyl halides is 1. The summed E-state index contributed by atoms with van der Waals surface area (Å²) in [6, 6.07) is 3.26. The lowest BCUT2D eigenvalue weighted by molar-refractivity contribution is 0.0624. The molecule has 4 aromatic rings. The topological polar surface area (TPSA) is 101 Å². The van der Waals surface area contributed by atoms with Crippen molar-refractivity contribution in [3.8, 4) is 0 Å². The molecule has 8 nitrogen and oxygen atoms in total. The highest BCUT2D eigenvalue weighted by atomic mass is 19.1. The third kappa shape index (κ3) is 2.95. The van der Waals surface area contributed by atoms with E-state index in [1.54, 1.807) is 0 Å². The number of oxazole rings is 2. The molecule has 1 atom stereocenters. The van der Waals surface area contributed by atoms with Crippen molar-refractivity contribution in [3.63, 3.8) is 0 Å². The second kappa shape index (κ2) is 6.48. The van der Waals surface area contributed by atoms with Crippen molar-refractivity contribution in [2.45, 2.75) is 32.0 Å². The molecule has 4 heterocycles. The summed E-state index contributed by atoms with van der Waals surface area (Å²) in [7, 11) is 0. The Balaban J connectivity index is 1.58. The maximum atomic E-state index is 14.1. The van der Waals surface area contributed by atoms with Gasteiger partial charge in [0.25, 0.3) is 5.91 Å². The van der Waals surface area contributed by atoms with Gasteiger partial charge in [0.15, 0.2) is 17.3 Å². The normalized spacial score (nSPS) is 16.8. The van der Waals surface area contributed by atoms with Gasteiger partial charge in [-0.3, -0.25) is 4.79 Å². The van der Waals surface area contributed by atoms with Gasteiger partial charge >= 0.3 is 0 Å². The lowest BCUT2D eigenvalue weighted by Gasteiger charge is -2.32. The number of aromatic nitrogens is 4. The number of rotatable bonds is 3. The van der Waals surface area contributed by atoms with Crippen LogP contribution in [0.4, 0.5) is 8.78 Å². The molecule has 0 spiro atoms. The summed E-state index contributed by atoms with van der Waals surface area (Å²) in [5.41, 5.74) is 0.330. The minimum absolute atomic E-state index is 0.0955. The van der Waals surface area contributed by atoms with Gasteiger partial charge in [-0.25, -0.2) is 23.7 Å². The average molecular weight is 413 g/mol. The second-order valence-electron chi connectivity index (χ2n) is 7.58. The van der Waals surface area contributed by atoms with E-state index in [4.69, 9.17) is 8.83 Å². The van der Waals surface area contributed by atoms with Gasteiger partial charge in [-0.1, -0.05) is 0 Å². The number of halogens is 2. The summed E-state index contributed by atoms with van der Waals surface area (Å²) in [6.07, 6.45) is 3.27. The number of imidazole rings is 1. The Bertz CT molecular complexity index is 1250. The number of amides is 1. The van der Waals surface area contributed by atoms with Crippen molar-refractivity contribution in [3.05, 3.63) is 65.5 Å². The van der Waals surface area contributed by atoms with E-state index in [0.717, 1.165) is 5.69 Å². The van der Waals surface area contributed by atoms with Crippen molar-refractivity contribution >= 4 is 17.0 Å². The van der Waals surface area contributed by atoms with Crippen molar-refractivity contribution in [2.24, 2.45) is 0 Å². The molecule has 0 unspecified atom stereocenters. The van der Waals surface area contributed by atoms with Crippen LogP contribution in [0.15, 0.2) is 39.6 Å². The van der Waals surface area contributed by atoms with Crippen LogP contribution >= 0.6 is 0 Å². The van der Waals surface area contributed by atoms with Crippen molar-refractivity contribution < 1.29 is 22.4 Å². The van der Waals surface area contributed by atoms with Gasteiger partial charge in [0.1, 0.15) is 11.3 Å². The fourth-order valence-electron chi connectivity index (χ4n) is 3.57. The van der Waals surface area contributed by atoms with Crippen molar-refractivity contribution in [2.75, 3.05) is 6.54 Å². The molecular formula is C20H17F2N5O3. The molecule has 10 heteroatoms. The molecular weight excluding hydrogens is 396 g/mol. The Morgan fingerprint density at radius 3 is 2.90 bits per heavy atom. The van der Waals surface area contributed by atoms with Crippen LogP contribution in [-0.4, -0.2) is 37.3 Å². The number of carbonyl (C=O) groups excluding carboxylic acids is 1. The van der Waals surface area contributed by atoms with E-state index >= 15 is 0 Å². The van der Waals surface area contributed by atoms with E-state index in [2.05, 4.69) is 19.9 Å². The number of H-pyrrole nitrogens is 1. The maximum Gasteiger partial charge on any atom is 0.292 e. The summed E-state index contributed by atoms with van der Waals surface area (Å²) in [4.78, 5) is 30.4. The maximum absolute atomic E-state index is 14.1. The smallest absolute Gasteiger partial charge is 0.292 e. The summed E-state index contributed by atoms with van der Waals surface area (Å²) in [5.74, 6) is -1.02. The zero-order chi connectivity index (χ0) is 21.0. The molecule has 5 rings (SSSR count). The Kier molecular flexibility index (Phi) is 3.99. The first-order valence-corrected chi connectivity index (χ1v) is 9.35. The van der Waals surface area contributed by atoms with Gasteiger partial charge < -0.3 is 18.7 Å². The number of hydrogen-bond acceptors (Lipinski definition) is 6. The number of fused-ring (bicyclic) bond motifs is 2. The van der Waals surface area contributed by atoms with E-state index in [1.807, 2.05) is 0 Å². The van der Waals surface area contributed by atoms with Gasteiger partial charge in [-0.2, -0.15) is 0 Å². The van der Waals surface area contributed by atoms with Crippen LogP contribution in [0.1, 0.15) is 53.6 Å².